The van der Waals surface area contributed by atoms with Crippen molar-refractivity contribution in [1.82, 2.24) is 15.2 Å². The first kappa shape index (κ1) is 15.3. The average molecular weight is 360 g/mol. The van der Waals surface area contributed by atoms with Crippen LogP contribution >= 0.6 is 0 Å². The van der Waals surface area contributed by atoms with Gasteiger partial charge in [0.1, 0.15) is 11.1 Å². The number of para-hydroxylation sites is 2. The topological polar surface area (TPSA) is 97.4 Å². The molecule has 8 nitrogen and oxygen atoms in total. The summed E-state index contributed by atoms with van der Waals surface area (Å²) in [7, 11) is 0. The smallest absolute Gasteiger partial charge is 0.280 e. The van der Waals surface area contributed by atoms with Crippen LogP contribution in [-0.2, 0) is 9.59 Å². The molecular weight excluding hydrogens is 348 g/mol. The van der Waals surface area contributed by atoms with Gasteiger partial charge in [0.05, 0.1) is 5.69 Å². The maximum Gasteiger partial charge on any atom is 0.280 e. The van der Waals surface area contributed by atoms with Gasteiger partial charge in [-0.05, 0) is 24.3 Å². The fourth-order valence-electron chi connectivity index (χ4n) is 3.18. The van der Waals surface area contributed by atoms with Crippen LogP contribution in [0.5, 0.6) is 0 Å². The monoisotopic (exact) mass is 360 g/mol. The molecule has 3 aliphatic rings. The lowest BCUT2D eigenvalue weighted by atomic mass is 10.2. The highest BCUT2D eigenvalue weighted by molar-refractivity contribution is 6.16. The lowest BCUT2D eigenvalue weighted by Crippen LogP contribution is -2.36. The zero-order valence-corrected chi connectivity index (χ0v) is 13.8. The molecule has 1 saturated heterocycles. The Labute approximate surface area is 151 Å². The highest BCUT2D eigenvalue weighted by Crippen LogP contribution is 2.27. The third-order valence-electron chi connectivity index (χ3n) is 4.48. The summed E-state index contributed by atoms with van der Waals surface area (Å²) < 4.78 is 6.54. The molecule has 8 heteroatoms. The van der Waals surface area contributed by atoms with E-state index in [0.717, 1.165) is 15.1 Å². The number of rotatable bonds is 2. The summed E-state index contributed by atoms with van der Waals surface area (Å²) in [4.78, 5) is 38.0. The molecule has 0 aromatic heterocycles. The molecule has 1 atom stereocenters. The van der Waals surface area contributed by atoms with Gasteiger partial charge in [0.25, 0.3) is 17.4 Å². The lowest BCUT2D eigenvalue weighted by Gasteiger charge is -2.14. The van der Waals surface area contributed by atoms with Crippen molar-refractivity contribution in [3.8, 4) is 11.5 Å². The van der Waals surface area contributed by atoms with E-state index < -0.39 is 23.4 Å². The first-order valence-electron chi connectivity index (χ1n) is 8.24. The molecule has 3 aliphatic heterocycles. The molecule has 1 unspecified atom stereocenters. The van der Waals surface area contributed by atoms with Gasteiger partial charge in [0, 0.05) is 5.39 Å². The van der Waals surface area contributed by atoms with Crippen LogP contribution in [0.4, 0.5) is 5.69 Å². The van der Waals surface area contributed by atoms with Crippen LogP contribution in [0, 0.1) is 0 Å². The highest BCUT2D eigenvalue weighted by Gasteiger charge is 2.44. The first-order valence-corrected chi connectivity index (χ1v) is 8.24. The van der Waals surface area contributed by atoms with Gasteiger partial charge in [0.2, 0.25) is 11.9 Å². The van der Waals surface area contributed by atoms with E-state index in [9.17, 15) is 14.4 Å². The van der Waals surface area contributed by atoms with Gasteiger partial charge in [-0.3, -0.25) is 19.8 Å². The van der Waals surface area contributed by atoms with Gasteiger partial charge < -0.3 is 4.42 Å². The van der Waals surface area contributed by atoms with Crippen LogP contribution in [0.1, 0.15) is 6.04 Å². The van der Waals surface area contributed by atoms with E-state index in [1.807, 2.05) is 6.07 Å². The van der Waals surface area contributed by atoms with Crippen LogP contribution < -0.4 is 16.0 Å². The van der Waals surface area contributed by atoms with Gasteiger partial charge in [-0.25, -0.2) is 9.69 Å². The summed E-state index contributed by atoms with van der Waals surface area (Å²) in [5, 5.41) is 5.95. The third-order valence-corrected chi connectivity index (χ3v) is 4.48. The van der Waals surface area contributed by atoms with Crippen molar-refractivity contribution >= 4 is 28.5 Å². The number of aromatic nitrogens is 2. The van der Waals surface area contributed by atoms with Crippen molar-refractivity contribution in [2.75, 3.05) is 5.01 Å². The molecule has 2 aromatic carbocycles. The second-order valence-corrected chi connectivity index (χ2v) is 6.14. The molecule has 0 bridgehead atoms. The number of nitrogens with zero attached hydrogens (tertiary/aromatic N) is 3. The zero-order chi connectivity index (χ0) is 18.5. The number of benzene rings is 2. The minimum atomic E-state index is -1.39. The van der Waals surface area contributed by atoms with Crippen LogP contribution in [0.25, 0.3) is 22.4 Å². The molecule has 0 radical (unpaired) electrons. The van der Waals surface area contributed by atoms with Gasteiger partial charge in [-0.15, -0.1) is 5.10 Å². The van der Waals surface area contributed by atoms with Crippen LogP contribution in [0.15, 0.2) is 69.9 Å². The number of hydrazine groups is 1. The Bertz CT molecular complexity index is 1230. The summed E-state index contributed by atoms with van der Waals surface area (Å²) >= 11 is 0. The largest absolute Gasteiger partial charge is 0.436 e. The number of amides is 2. The average Bonchev–Trinajstić information content (AvgIpc) is 3.16. The van der Waals surface area contributed by atoms with E-state index >= 15 is 0 Å². The van der Waals surface area contributed by atoms with E-state index in [2.05, 4.69) is 10.5 Å². The lowest BCUT2D eigenvalue weighted by molar-refractivity contribution is -0.127. The minimum Gasteiger partial charge on any atom is -0.436 e. The zero-order valence-electron chi connectivity index (χ0n) is 13.8. The maximum absolute atomic E-state index is 12.8. The quantitative estimate of drug-likeness (QED) is 0.549. The first-order chi connectivity index (χ1) is 13.1. The van der Waals surface area contributed by atoms with Gasteiger partial charge in [-0.2, -0.15) is 0 Å². The Morgan fingerprint density at radius 1 is 0.963 bits per heavy atom. The molecule has 27 heavy (non-hydrogen) atoms. The number of nitrogens with one attached hydrogen (secondary N) is 1. The van der Waals surface area contributed by atoms with Crippen molar-refractivity contribution in [2.24, 2.45) is 0 Å². The molecule has 132 valence electrons. The van der Waals surface area contributed by atoms with E-state index in [1.54, 1.807) is 54.6 Å². The molecule has 3 heterocycles. The fraction of sp³-hybridized carbons (Fsp3) is 0.0526. The highest BCUT2D eigenvalue weighted by atomic mass is 16.3. The van der Waals surface area contributed by atoms with E-state index in [-0.39, 0.29) is 11.5 Å². The Hall–Kier alpha value is -3.94. The Morgan fingerprint density at radius 2 is 1.70 bits per heavy atom. The maximum atomic E-state index is 12.8. The van der Waals surface area contributed by atoms with Gasteiger partial charge in [0.15, 0.2) is 0 Å². The third kappa shape index (κ3) is 2.23. The fourth-order valence-corrected chi connectivity index (χ4v) is 3.18. The van der Waals surface area contributed by atoms with Crippen LogP contribution in [-0.4, -0.2) is 21.6 Å². The van der Waals surface area contributed by atoms with Gasteiger partial charge in [-0.1, -0.05) is 36.4 Å². The number of hydrogen-bond donors (Lipinski definition) is 1. The van der Waals surface area contributed by atoms with E-state index in [0.29, 0.717) is 11.3 Å². The molecule has 1 N–H and O–H groups in total. The molecule has 2 amide bonds. The van der Waals surface area contributed by atoms with E-state index in [1.165, 1.54) is 0 Å². The van der Waals surface area contributed by atoms with Crippen molar-refractivity contribution in [2.45, 2.75) is 6.04 Å². The van der Waals surface area contributed by atoms with Crippen molar-refractivity contribution in [1.29, 1.82) is 0 Å². The molecule has 0 spiro atoms. The Balaban J connectivity index is 1.63. The summed E-state index contributed by atoms with van der Waals surface area (Å²) in [6.07, 6.45) is 0. The predicted molar refractivity (Wildman–Crippen MR) is 96.0 cm³/mol. The van der Waals surface area contributed by atoms with Crippen molar-refractivity contribution < 1.29 is 14.0 Å². The predicted octanol–water partition coefficient (Wildman–Crippen LogP) is 1.71. The number of hydrogen-bond acceptors (Lipinski definition) is 5. The second kappa shape index (κ2) is 5.53. The molecular formula is C19H12N4O4. The standard InChI is InChI=1S/C19H12N4O4/c24-16-15(19(26)22(20-16)12-7-2-1-3-8-12)23-18(25)13-10-11-6-4-5-9-14(11)27-17(13)21-23/h1-10,15H,(H,20,24). The summed E-state index contributed by atoms with van der Waals surface area (Å²) in [6.45, 7) is 0. The summed E-state index contributed by atoms with van der Waals surface area (Å²) in [5.74, 6) is -1.13. The van der Waals surface area contributed by atoms with Gasteiger partial charge >= 0.3 is 0 Å². The van der Waals surface area contributed by atoms with Crippen LogP contribution in [0.3, 0.4) is 0 Å². The number of anilines is 1. The molecule has 5 rings (SSSR count). The second-order valence-electron chi connectivity index (χ2n) is 6.14. The molecule has 0 saturated carbocycles. The van der Waals surface area contributed by atoms with Crippen molar-refractivity contribution in [3.63, 3.8) is 0 Å². The Kier molecular flexibility index (Phi) is 3.14. The number of carbonyl (C=O) groups excluding carboxylic acids is 2. The molecule has 0 aliphatic carbocycles. The minimum absolute atomic E-state index is 0.0810. The molecule has 2 aromatic rings. The van der Waals surface area contributed by atoms with Crippen LogP contribution in [0.2, 0.25) is 0 Å². The SMILES string of the molecule is O=C1NN(c2ccccc2)C(=O)C1n1nc2oc3ccccc3cc-2c1=O. The number of carbonyl (C=O) groups is 2. The summed E-state index contributed by atoms with van der Waals surface area (Å²) in [6, 6.07) is 16.1. The normalized spacial score (nSPS) is 17.0. The van der Waals surface area contributed by atoms with E-state index in [4.69, 9.17) is 4.42 Å². The summed E-state index contributed by atoms with van der Waals surface area (Å²) in [5.41, 5.74) is 3.21. The number of fused-ring (bicyclic) bond motifs is 2. The van der Waals surface area contributed by atoms with Crippen molar-refractivity contribution in [3.05, 3.63) is 71.0 Å². The molecule has 1 fully saturated rings. The Morgan fingerprint density at radius 3 is 2.52 bits per heavy atom.